The minimum atomic E-state index is -0.603. The summed E-state index contributed by atoms with van der Waals surface area (Å²) in [5.41, 5.74) is 0. The third-order valence-corrected chi connectivity index (χ3v) is 2.97. The highest BCUT2D eigenvalue weighted by Crippen LogP contribution is 2.33. The maximum absolute atomic E-state index is 10.9. The first kappa shape index (κ1) is 10.3. The molecule has 0 aromatic carbocycles. The molecule has 13 heavy (non-hydrogen) atoms. The largest absolute Gasteiger partial charge is 0.481 e. The van der Waals surface area contributed by atoms with Gasteiger partial charge in [-0.2, -0.15) is 0 Å². The quantitative estimate of drug-likeness (QED) is 0.679. The molecule has 1 saturated carbocycles. The fraction of sp³-hybridized carbons (Fsp3) is 0.727. The number of aliphatic carboxylic acids is 1. The van der Waals surface area contributed by atoms with Crippen LogP contribution in [0.15, 0.2) is 12.7 Å². The van der Waals surface area contributed by atoms with E-state index in [2.05, 4.69) is 6.58 Å². The van der Waals surface area contributed by atoms with Gasteiger partial charge in [-0.3, -0.25) is 4.79 Å². The number of hydrogen-bond donors (Lipinski definition) is 1. The molecule has 0 radical (unpaired) electrons. The zero-order valence-electron chi connectivity index (χ0n) is 8.04. The van der Waals surface area contributed by atoms with E-state index in [1.807, 2.05) is 6.08 Å². The van der Waals surface area contributed by atoms with Gasteiger partial charge in [-0.05, 0) is 31.6 Å². The van der Waals surface area contributed by atoms with E-state index >= 15 is 0 Å². The molecule has 2 heteroatoms. The van der Waals surface area contributed by atoms with Crippen LogP contribution in [0.5, 0.6) is 0 Å². The van der Waals surface area contributed by atoms with Crippen LogP contribution in [0.2, 0.25) is 0 Å². The summed E-state index contributed by atoms with van der Waals surface area (Å²) in [4.78, 5) is 10.9. The van der Waals surface area contributed by atoms with Crippen LogP contribution >= 0.6 is 0 Å². The second kappa shape index (κ2) is 5.05. The van der Waals surface area contributed by atoms with Gasteiger partial charge in [-0.25, -0.2) is 0 Å². The molecule has 1 fully saturated rings. The van der Waals surface area contributed by atoms with Crippen molar-refractivity contribution in [1.29, 1.82) is 0 Å². The third kappa shape index (κ3) is 2.87. The first-order valence-corrected chi connectivity index (χ1v) is 5.09. The first-order chi connectivity index (χ1) is 6.25. The zero-order chi connectivity index (χ0) is 9.68. The lowest BCUT2D eigenvalue weighted by molar-refractivity contribution is -0.145. The Hall–Kier alpha value is -0.790. The Morgan fingerprint density at radius 3 is 2.77 bits per heavy atom. The summed E-state index contributed by atoms with van der Waals surface area (Å²) >= 11 is 0. The summed E-state index contributed by atoms with van der Waals surface area (Å²) in [5, 5.41) is 8.98. The van der Waals surface area contributed by atoms with Crippen LogP contribution in [0, 0.1) is 11.8 Å². The van der Waals surface area contributed by atoms with Gasteiger partial charge in [-0.15, -0.1) is 6.58 Å². The average Bonchev–Trinajstić information content (AvgIpc) is 2.15. The Kier molecular flexibility index (Phi) is 4.00. The van der Waals surface area contributed by atoms with Crippen molar-refractivity contribution in [3.63, 3.8) is 0 Å². The topological polar surface area (TPSA) is 37.3 Å². The van der Waals surface area contributed by atoms with E-state index < -0.39 is 5.97 Å². The highest BCUT2D eigenvalue weighted by atomic mass is 16.4. The zero-order valence-corrected chi connectivity index (χ0v) is 8.04. The van der Waals surface area contributed by atoms with Gasteiger partial charge in [0.15, 0.2) is 0 Å². The van der Waals surface area contributed by atoms with Crippen LogP contribution in [0.4, 0.5) is 0 Å². The van der Waals surface area contributed by atoms with Gasteiger partial charge in [0.2, 0.25) is 0 Å². The molecule has 2 atom stereocenters. The molecule has 0 heterocycles. The molecule has 0 aliphatic heterocycles. The number of carboxylic acid groups (broad SMARTS) is 1. The normalized spacial score (nSPS) is 28.3. The molecule has 1 aliphatic carbocycles. The van der Waals surface area contributed by atoms with Gasteiger partial charge in [0.05, 0.1) is 5.92 Å². The van der Waals surface area contributed by atoms with Gasteiger partial charge in [-0.1, -0.05) is 18.9 Å². The van der Waals surface area contributed by atoms with Gasteiger partial charge >= 0.3 is 5.97 Å². The highest BCUT2D eigenvalue weighted by Gasteiger charge is 2.29. The molecule has 1 N–H and O–H groups in total. The number of rotatable bonds is 4. The van der Waals surface area contributed by atoms with E-state index in [-0.39, 0.29) is 5.92 Å². The van der Waals surface area contributed by atoms with Crippen molar-refractivity contribution in [3.8, 4) is 0 Å². The summed E-state index contributed by atoms with van der Waals surface area (Å²) in [5.74, 6) is -0.299. The van der Waals surface area contributed by atoms with E-state index in [1.165, 1.54) is 6.42 Å². The molecule has 1 aliphatic rings. The molecule has 2 unspecified atom stereocenters. The van der Waals surface area contributed by atoms with Crippen LogP contribution < -0.4 is 0 Å². The van der Waals surface area contributed by atoms with Crippen molar-refractivity contribution in [2.24, 2.45) is 11.8 Å². The molecule has 0 saturated heterocycles. The van der Waals surface area contributed by atoms with Gasteiger partial charge < -0.3 is 5.11 Å². The molecular weight excluding hydrogens is 164 g/mol. The van der Waals surface area contributed by atoms with Crippen molar-refractivity contribution in [1.82, 2.24) is 0 Å². The summed E-state index contributed by atoms with van der Waals surface area (Å²) in [6.07, 6.45) is 8.08. The second-order valence-electron chi connectivity index (χ2n) is 3.86. The van der Waals surface area contributed by atoms with Gasteiger partial charge in [0.25, 0.3) is 0 Å². The smallest absolute Gasteiger partial charge is 0.306 e. The monoisotopic (exact) mass is 182 g/mol. The van der Waals surface area contributed by atoms with E-state index in [0.29, 0.717) is 5.92 Å². The van der Waals surface area contributed by atoms with Crippen molar-refractivity contribution >= 4 is 5.97 Å². The van der Waals surface area contributed by atoms with E-state index in [9.17, 15) is 4.79 Å². The third-order valence-electron chi connectivity index (χ3n) is 2.97. The predicted molar refractivity (Wildman–Crippen MR) is 52.5 cm³/mol. The predicted octanol–water partition coefficient (Wildman–Crippen LogP) is 2.84. The first-order valence-electron chi connectivity index (χ1n) is 5.09. The van der Waals surface area contributed by atoms with Crippen molar-refractivity contribution in [3.05, 3.63) is 12.7 Å². The van der Waals surface area contributed by atoms with Crippen LogP contribution in [0.25, 0.3) is 0 Å². The minimum absolute atomic E-state index is 0.0892. The molecule has 0 bridgehead atoms. The van der Waals surface area contributed by atoms with Crippen molar-refractivity contribution < 1.29 is 9.90 Å². The number of carbonyl (C=O) groups is 1. The Balaban J connectivity index is 2.46. The lowest BCUT2D eigenvalue weighted by Crippen LogP contribution is -2.26. The molecule has 0 amide bonds. The molecule has 0 aromatic rings. The Bertz CT molecular complexity index is 187. The molecule has 1 rings (SSSR count). The van der Waals surface area contributed by atoms with Crippen LogP contribution in [-0.2, 0) is 4.79 Å². The average molecular weight is 182 g/mol. The summed E-state index contributed by atoms with van der Waals surface area (Å²) in [7, 11) is 0. The molecule has 74 valence electrons. The molecular formula is C11H18O2. The summed E-state index contributed by atoms with van der Waals surface area (Å²) in [6.45, 7) is 3.67. The van der Waals surface area contributed by atoms with Crippen LogP contribution in [-0.4, -0.2) is 11.1 Å². The lowest BCUT2D eigenvalue weighted by atomic mass is 9.77. The van der Waals surface area contributed by atoms with Crippen molar-refractivity contribution in [2.45, 2.75) is 38.5 Å². The van der Waals surface area contributed by atoms with Crippen LogP contribution in [0.1, 0.15) is 38.5 Å². The Morgan fingerprint density at radius 1 is 1.46 bits per heavy atom. The number of allylic oxidation sites excluding steroid dienone is 1. The van der Waals surface area contributed by atoms with Crippen LogP contribution in [0.3, 0.4) is 0 Å². The number of hydrogen-bond acceptors (Lipinski definition) is 1. The van der Waals surface area contributed by atoms with E-state index in [4.69, 9.17) is 5.11 Å². The SMILES string of the molecule is C=CCCC1CCCCC1C(=O)O. The highest BCUT2D eigenvalue weighted by molar-refractivity contribution is 5.70. The summed E-state index contributed by atoms with van der Waals surface area (Å²) in [6, 6.07) is 0. The van der Waals surface area contributed by atoms with Crippen molar-refractivity contribution in [2.75, 3.05) is 0 Å². The number of carboxylic acids is 1. The van der Waals surface area contributed by atoms with Gasteiger partial charge in [0, 0.05) is 0 Å². The van der Waals surface area contributed by atoms with Gasteiger partial charge in [0.1, 0.15) is 0 Å². The Labute approximate surface area is 79.6 Å². The fourth-order valence-electron chi connectivity index (χ4n) is 2.21. The standard InChI is InChI=1S/C11H18O2/c1-2-3-6-9-7-4-5-8-10(9)11(12)13/h2,9-10H,1,3-8H2,(H,12,13). The molecule has 0 spiro atoms. The van der Waals surface area contributed by atoms with E-state index in [0.717, 1.165) is 32.1 Å². The second-order valence-corrected chi connectivity index (χ2v) is 3.86. The molecule has 0 aromatic heterocycles. The Morgan fingerprint density at radius 2 is 2.15 bits per heavy atom. The molecule has 2 nitrogen and oxygen atoms in total. The lowest BCUT2D eigenvalue weighted by Gasteiger charge is -2.28. The maximum atomic E-state index is 10.9. The fourth-order valence-corrected chi connectivity index (χ4v) is 2.21. The van der Waals surface area contributed by atoms with E-state index in [1.54, 1.807) is 0 Å². The maximum Gasteiger partial charge on any atom is 0.306 e. The summed E-state index contributed by atoms with van der Waals surface area (Å²) < 4.78 is 0. The minimum Gasteiger partial charge on any atom is -0.481 e.